The Morgan fingerprint density at radius 2 is 1.89 bits per heavy atom. The Kier molecular flexibility index (Phi) is 2.69. The molecule has 100 valence electrons. The summed E-state index contributed by atoms with van der Waals surface area (Å²) in [6, 6.07) is 9.92. The molecule has 1 aliphatic rings. The minimum atomic E-state index is -1.02. The first-order chi connectivity index (χ1) is 8.97. The molecule has 1 aromatic carbocycles. The second-order valence-electron chi connectivity index (χ2n) is 6.12. The molecule has 0 radical (unpaired) electrons. The highest BCUT2D eigenvalue weighted by atomic mass is 19.1. The van der Waals surface area contributed by atoms with Crippen molar-refractivity contribution in [1.82, 2.24) is 14.8 Å². The van der Waals surface area contributed by atoms with E-state index in [0.717, 1.165) is 5.56 Å². The SMILES string of the molecule is CC(C)(C)c1nc2n(n1)[C@@H](c1ccccc1)C[C@H]2F. The largest absolute Gasteiger partial charge is 0.239 e. The average molecular weight is 259 g/mol. The van der Waals surface area contributed by atoms with Crippen molar-refractivity contribution in [3.8, 4) is 0 Å². The number of hydrogen-bond donors (Lipinski definition) is 0. The maximum Gasteiger partial charge on any atom is 0.162 e. The van der Waals surface area contributed by atoms with Gasteiger partial charge in [-0.25, -0.2) is 14.1 Å². The summed E-state index contributed by atoms with van der Waals surface area (Å²) in [5.74, 6) is 1.18. The minimum absolute atomic E-state index is 0.0326. The molecule has 0 spiro atoms. The van der Waals surface area contributed by atoms with Crippen molar-refractivity contribution >= 4 is 0 Å². The Balaban J connectivity index is 2.04. The molecule has 2 heterocycles. The molecule has 0 bridgehead atoms. The summed E-state index contributed by atoms with van der Waals surface area (Å²) in [5.41, 5.74) is 0.937. The highest BCUT2D eigenvalue weighted by molar-refractivity contribution is 5.24. The van der Waals surface area contributed by atoms with Gasteiger partial charge in [-0.2, -0.15) is 5.10 Å². The number of nitrogens with zero attached hydrogens (tertiary/aromatic N) is 3. The van der Waals surface area contributed by atoms with Crippen molar-refractivity contribution in [2.75, 3.05) is 0 Å². The first-order valence-electron chi connectivity index (χ1n) is 6.63. The number of rotatable bonds is 1. The van der Waals surface area contributed by atoms with Gasteiger partial charge in [0.2, 0.25) is 0 Å². The second kappa shape index (κ2) is 4.15. The summed E-state index contributed by atoms with van der Waals surface area (Å²) in [4.78, 5) is 4.40. The molecule has 2 aromatic rings. The minimum Gasteiger partial charge on any atom is -0.239 e. The molecule has 3 nitrogen and oxygen atoms in total. The Hall–Kier alpha value is -1.71. The van der Waals surface area contributed by atoms with Gasteiger partial charge in [-0.1, -0.05) is 51.1 Å². The summed E-state index contributed by atoms with van der Waals surface area (Å²) in [6.07, 6.45) is -0.585. The van der Waals surface area contributed by atoms with E-state index in [0.29, 0.717) is 18.1 Å². The third kappa shape index (κ3) is 2.05. The molecule has 0 saturated carbocycles. The topological polar surface area (TPSA) is 30.7 Å². The van der Waals surface area contributed by atoms with Crippen molar-refractivity contribution < 1.29 is 4.39 Å². The fraction of sp³-hybridized carbons (Fsp3) is 0.467. The van der Waals surface area contributed by atoms with Crippen molar-refractivity contribution in [1.29, 1.82) is 0 Å². The van der Waals surface area contributed by atoms with Gasteiger partial charge in [-0.3, -0.25) is 0 Å². The number of hydrogen-bond acceptors (Lipinski definition) is 2. The third-order valence-corrected chi connectivity index (χ3v) is 3.52. The van der Waals surface area contributed by atoms with Crippen LogP contribution in [-0.4, -0.2) is 14.8 Å². The van der Waals surface area contributed by atoms with E-state index in [1.807, 2.05) is 51.1 Å². The Morgan fingerprint density at radius 1 is 1.21 bits per heavy atom. The van der Waals surface area contributed by atoms with Gasteiger partial charge in [0.1, 0.15) is 0 Å². The average Bonchev–Trinajstić information content (AvgIpc) is 2.91. The molecule has 1 aliphatic heterocycles. The molecule has 0 amide bonds. The van der Waals surface area contributed by atoms with Crippen molar-refractivity contribution in [3.63, 3.8) is 0 Å². The lowest BCUT2D eigenvalue weighted by Crippen LogP contribution is -2.16. The van der Waals surface area contributed by atoms with Crippen LogP contribution in [0.2, 0.25) is 0 Å². The van der Waals surface area contributed by atoms with Gasteiger partial charge < -0.3 is 0 Å². The lowest BCUT2D eigenvalue weighted by Gasteiger charge is -2.15. The van der Waals surface area contributed by atoms with E-state index in [1.165, 1.54) is 0 Å². The molecule has 0 fully saturated rings. The zero-order valence-electron chi connectivity index (χ0n) is 11.5. The lowest BCUT2D eigenvalue weighted by atomic mass is 9.96. The van der Waals surface area contributed by atoms with Crippen molar-refractivity contribution in [2.45, 2.75) is 44.8 Å². The summed E-state index contributed by atoms with van der Waals surface area (Å²) >= 11 is 0. The molecule has 0 aliphatic carbocycles. The molecule has 3 rings (SSSR count). The molecule has 0 unspecified atom stereocenters. The van der Waals surface area contributed by atoms with Gasteiger partial charge in [0, 0.05) is 11.8 Å². The third-order valence-electron chi connectivity index (χ3n) is 3.52. The standard InChI is InChI=1S/C15H18FN3/c1-15(2,3)14-17-13-11(16)9-12(19(13)18-14)10-7-5-4-6-8-10/h4-8,11-12H,9H2,1-3H3/t11-,12-/m1/s1. The van der Waals surface area contributed by atoms with Crippen LogP contribution in [0.5, 0.6) is 0 Å². The maximum absolute atomic E-state index is 14.1. The molecule has 4 heteroatoms. The van der Waals surface area contributed by atoms with Gasteiger partial charge >= 0.3 is 0 Å². The van der Waals surface area contributed by atoms with Gasteiger partial charge in [-0.05, 0) is 5.56 Å². The smallest absolute Gasteiger partial charge is 0.162 e. The number of halogens is 1. The lowest BCUT2D eigenvalue weighted by molar-refractivity contribution is 0.326. The van der Waals surface area contributed by atoms with Crippen LogP contribution in [0.15, 0.2) is 30.3 Å². The quantitative estimate of drug-likeness (QED) is 0.783. The highest BCUT2D eigenvalue weighted by Gasteiger charge is 2.36. The van der Waals surface area contributed by atoms with E-state index < -0.39 is 6.17 Å². The fourth-order valence-corrected chi connectivity index (χ4v) is 2.45. The van der Waals surface area contributed by atoms with Crippen LogP contribution in [-0.2, 0) is 5.41 Å². The van der Waals surface area contributed by atoms with Crippen LogP contribution in [0.25, 0.3) is 0 Å². The molecule has 2 atom stereocenters. The van der Waals surface area contributed by atoms with Crippen LogP contribution >= 0.6 is 0 Å². The van der Waals surface area contributed by atoms with Crippen LogP contribution < -0.4 is 0 Å². The first-order valence-corrected chi connectivity index (χ1v) is 6.63. The van der Waals surface area contributed by atoms with E-state index in [2.05, 4.69) is 10.1 Å². The van der Waals surface area contributed by atoms with E-state index >= 15 is 0 Å². The zero-order chi connectivity index (χ0) is 13.6. The number of aromatic nitrogens is 3. The summed E-state index contributed by atoms with van der Waals surface area (Å²) in [6.45, 7) is 6.13. The van der Waals surface area contributed by atoms with Gasteiger partial charge in [0.25, 0.3) is 0 Å². The highest BCUT2D eigenvalue weighted by Crippen LogP contribution is 2.40. The number of benzene rings is 1. The van der Waals surface area contributed by atoms with Gasteiger partial charge in [0.15, 0.2) is 17.8 Å². The number of fused-ring (bicyclic) bond motifs is 1. The monoisotopic (exact) mass is 259 g/mol. The van der Waals surface area contributed by atoms with E-state index in [-0.39, 0.29) is 11.5 Å². The molecule has 0 saturated heterocycles. The summed E-state index contributed by atoms with van der Waals surface area (Å²) < 4.78 is 15.9. The van der Waals surface area contributed by atoms with Crippen molar-refractivity contribution in [2.24, 2.45) is 0 Å². The molecular formula is C15H18FN3. The fourth-order valence-electron chi connectivity index (χ4n) is 2.45. The van der Waals surface area contributed by atoms with E-state index in [4.69, 9.17) is 0 Å². The van der Waals surface area contributed by atoms with Crippen LogP contribution in [0.4, 0.5) is 4.39 Å². The number of alkyl halides is 1. The predicted molar refractivity (Wildman–Crippen MR) is 71.8 cm³/mol. The van der Waals surface area contributed by atoms with Crippen LogP contribution in [0, 0.1) is 0 Å². The van der Waals surface area contributed by atoms with Crippen molar-refractivity contribution in [3.05, 3.63) is 47.5 Å². The van der Waals surface area contributed by atoms with Gasteiger partial charge in [-0.15, -0.1) is 0 Å². The molecular weight excluding hydrogens is 241 g/mol. The molecule has 0 N–H and O–H groups in total. The summed E-state index contributed by atoms with van der Waals surface area (Å²) in [7, 11) is 0. The molecule has 19 heavy (non-hydrogen) atoms. The maximum atomic E-state index is 14.1. The predicted octanol–water partition coefficient (Wildman–Crippen LogP) is 3.58. The van der Waals surface area contributed by atoms with E-state index in [1.54, 1.807) is 4.68 Å². The summed E-state index contributed by atoms with van der Waals surface area (Å²) in [5, 5.41) is 4.54. The van der Waals surface area contributed by atoms with E-state index in [9.17, 15) is 4.39 Å². The second-order valence-corrected chi connectivity index (χ2v) is 6.12. The van der Waals surface area contributed by atoms with Crippen LogP contribution in [0.3, 0.4) is 0 Å². The van der Waals surface area contributed by atoms with Crippen LogP contribution in [0.1, 0.15) is 56.6 Å². The Labute approximate surface area is 112 Å². The Morgan fingerprint density at radius 3 is 2.53 bits per heavy atom. The normalized spacial score (nSPS) is 22.5. The zero-order valence-corrected chi connectivity index (χ0v) is 11.5. The first kappa shape index (κ1) is 12.3. The molecule has 1 aromatic heterocycles. The van der Waals surface area contributed by atoms with Gasteiger partial charge in [0.05, 0.1) is 6.04 Å². The Bertz CT molecular complexity index is 583.